The largest absolute Gasteiger partial charge is 0.401 e. The van der Waals surface area contributed by atoms with Crippen LogP contribution >= 0.6 is 0 Å². The predicted octanol–water partition coefficient (Wildman–Crippen LogP) is 0.594. The molecule has 2 rings (SSSR count). The summed E-state index contributed by atoms with van der Waals surface area (Å²) in [5, 5.41) is 5.44. The minimum absolute atomic E-state index is 0.194. The van der Waals surface area contributed by atoms with Crippen molar-refractivity contribution in [2.45, 2.75) is 31.5 Å². The van der Waals surface area contributed by atoms with Crippen molar-refractivity contribution in [3.63, 3.8) is 0 Å². The molecule has 2 aliphatic rings. The van der Waals surface area contributed by atoms with E-state index in [0.717, 1.165) is 0 Å². The summed E-state index contributed by atoms with van der Waals surface area (Å²) in [6.45, 7) is 0.881. The van der Waals surface area contributed by atoms with E-state index in [-0.39, 0.29) is 24.5 Å². The van der Waals surface area contributed by atoms with E-state index >= 15 is 0 Å². The molecule has 0 bridgehead atoms. The van der Waals surface area contributed by atoms with E-state index in [4.69, 9.17) is 0 Å². The number of urea groups is 1. The number of likely N-dealkylation sites (tertiary alicyclic amines) is 1. The summed E-state index contributed by atoms with van der Waals surface area (Å²) in [5.74, 6) is 0.203. The van der Waals surface area contributed by atoms with Crippen LogP contribution in [0.3, 0.4) is 0 Å². The Morgan fingerprint density at radius 3 is 2.36 bits per heavy atom. The van der Waals surface area contributed by atoms with Gasteiger partial charge in [0.15, 0.2) is 0 Å². The molecule has 1 unspecified atom stereocenters. The first kappa shape index (κ1) is 20.2. The fraction of sp³-hybridized carbons (Fsp3) is 0.929. The van der Waals surface area contributed by atoms with Crippen LogP contribution in [-0.4, -0.2) is 81.4 Å². The van der Waals surface area contributed by atoms with Crippen molar-refractivity contribution in [3.05, 3.63) is 0 Å². The SMILES string of the molecule is CS(=O)(=O)N1CCC(CNC(=O)NC2CCN(CC(F)(F)F)C2)CC1. The third-order valence-corrected chi connectivity index (χ3v) is 5.91. The zero-order valence-electron chi connectivity index (χ0n) is 14.2. The Bertz CT molecular complexity index is 562. The van der Waals surface area contributed by atoms with E-state index in [2.05, 4.69) is 10.6 Å². The summed E-state index contributed by atoms with van der Waals surface area (Å²) in [6, 6.07) is -0.668. The minimum Gasteiger partial charge on any atom is -0.338 e. The van der Waals surface area contributed by atoms with Gasteiger partial charge in [0.1, 0.15) is 0 Å². The molecule has 2 aliphatic heterocycles. The summed E-state index contributed by atoms with van der Waals surface area (Å²) in [6.07, 6.45) is -1.19. The third kappa shape index (κ3) is 6.98. The van der Waals surface area contributed by atoms with Gasteiger partial charge in [-0.3, -0.25) is 4.90 Å². The highest BCUT2D eigenvalue weighted by molar-refractivity contribution is 7.88. The van der Waals surface area contributed by atoms with Crippen LogP contribution in [0.2, 0.25) is 0 Å². The number of hydrogen-bond acceptors (Lipinski definition) is 4. The molecule has 7 nitrogen and oxygen atoms in total. The van der Waals surface area contributed by atoms with E-state index < -0.39 is 22.7 Å². The van der Waals surface area contributed by atoms with Crippen molar-refractivity contribution in [1.82, 2.24) is 19.8 Å². The second-order valence-electron chi connectivity index (χ2n) is 6.80. The molecule has 2 fully saturated rings. The normalized spacial score (nSPS) is 24.4. The number of halogens is 3. The van der Waals surface area contributed by atoms with Crippen molar-refractivity contribution in [1.29, 1.82) is 0 Å². The maximum atomic E-state index is 12.3. The number of hydrogen-bond donors (Lipinski definition) is 2. The number of sulfonamides is 1. The minimum atomic E-state index is -4.22. The molecule has 0 aliphatic carbocycles. The first-order chi connectivity index (χ1) is 11.5. The van der Waals surface area contributed by atoms with Gasteiger partial charge in [0.2, 0.25) is 10.0 Å². The van der Waals surface area contributed by atoms with Crippen LogP contribution in [0.25, 0.3) is 0 Å². The highest BCUT2D eigenvalue weighted by Crippen LogP contribution is 2.20. The first-order valence-electron chi connectivity index (χ1n) is 8.31. The molecule has 2 heterocycles. The number of piperidine rings is 1. The Balaban J connectivity index is 1.64. The second kappa shape index (κ2) is 8.09. The Kier molecular flexibility index (Phi) is 6.55. The van der Waals surface area contributed by atoms with Gasteiger partial charge in [-0.15, -0.1) is 0 Å². The van der Waals surface area contributed by atoms with Gasteiger partial charge in [-0.25, -0.2) is 17.5 Å². The predicted molar refractivity (Wildman–Crippen MR) is 86.6 cm³/mol. The van der Waals surface area contributed by atoms with Crippen LogP contribution in [-0.2, 0) is 10.0 Å². The number of nitrogens with one attached hydrogen (secondary N) is 2. The molecule has 2 N–H and O–H groups in total. The van der Waals surface area contributed by atoms with Crippen LogP contribution in [0.1, 0.15) is 19.3 Å². The zero-order chi connectivity index (χ0) is 18.7. The summed E-state index contributed by atoms with van der Waals surface area (Å²) in [4.78, 5) is 13.2. The molecule has 1 atom stereocenters. The molecule has 0 aromatic carbocycles. The molecule has 0 aromatic rings. The lowest BCUT2D eigenvalue weighted by atomic mass is 9.98. The molecule has 2 saturated heterocycles. The molecule has 0 aromatic heterocycles. The maximum Gasteiger partial charge on any atom is 0.401 e. The van der Waals surface area contributed by atoms with Crippen molar-refractivity contribution in [3.8, 4) is 0 Å². The molecule has 0 saturated carbocycles. The van der Waals surface area contributed by atoms with Crippen LogP contribution in [0, 0.1) is 5.92 Å². The standard InChI is InChI=1S/C14H25F3N4O3S/c1-25(23,24)21-6-2-11(3-7-21)8-18-13(22)19-12-4-5-20(9-12)10-14(15,16)17/h11-12H,2-10H2,1H3,(H2,18,19,22). The van der Waals surface area contributed by atoms with Crippen molar-refractivity contribution in [2.24, 2.45) is 5.92 Å². The lowest BCUT2D eigenvalue weighted by molar-refractivity contribution is -0.143. The lowest BCUT2D eigenvalue weighted by Crippen LogP contribution is -2.46. The molecule has 0 spiro atoms. The molecule has 146 valence electrons. The quantitative estimate of drug-likeness (QED) is 0.725. The van der Waals surface area contributed by atoms with E-state index in [1.807, 2.05) is 0 Å². The van der Waals surface area contributed by atoms with Crippen LogP contribution < -0.4 is 10.6 Å². The van der Waals surface area contributed by atoms with Crippen LogP contribution in [0.4, 0.5) is 18.0 Å². The second-order valence-corrected chi connectivity index (χ2v) is 8.78. The number of alkyl halides is 3. The van der Waals surface area contributed by atoms with Gasteiger partial charge in [-0.1, -0.05) is 0 Å². The van der Waals surface area contributed by atoms with Crippen LogP contribution in [0.15, 0.2) is 0 Å². The highest BCUT2D eigenvalue weighted by atomic mass is 32.2. The summed E-state index contributed by atoms with van der Waals surface area (Å²) < 4.78 is 61.3. The van der Waals surface area contributed by atoms with Gasteiger partial charge in [0, 0.05) is 38.8 Å². The fourth-order valence-electron chi connectivity index (χ4n) is 3.27. The van der Waals surface area contributed by atoms with Gasteiger partial charge in [0.25, 0.3) is 0 Å². The van der Waals surface area contributed by atoms with Gasteiger partial charge >= 0.3 is 12.2 Å². The van der Waals surface area contributed by atoms with Crippen molar-refractivity contribution < 1.29 is 26.4 Å². The Morgan fingerprint density at radius 2 is 1.80 bits per heavy atom. The molecular formula is C14H25F3N4O3S. The third-order valence-electron chi connectivity index (χ3n) is 4.60. The fourth-order valence-corrected chi connectivity index (χ4v) is 4.14. The number of carbonyl (C=O) groups excluding carboxylic acids is 1. The summed E-state index contributed by atoms with van der Waals surface area (Å²) in [7, 11) is -3.17. The monoisotopic (exact) mass is 386 g/mol. The average molecular weight is 386 g/mol. The molecule has 2 amide bonds. The summed E-state index contributed by atoms with van der Waals surface area (Å²) >= 11 is 0. The number of nitrogens with zero attached hydrogens (tertiary/aromatic N) is 2. The molecule has 11 heteroatoms. The van der Waals surface area contributed by atoms with E-state index in [1.165, 1.54) is 15.5 Å². The summed E-state index contributed by atoms with van der Waals surface area (Å²) in [5.41, 5.74) is 0. The molecular weight excluding hydrogens is 361 g/mol. The Labute approximate surface area is 146 Å². The lowest BCUT2D eigenvalue weighted by Gasteiger charge is -2.30. The zero-order valence-corrected chi connectivity index (χ0v) is 15.0. The molecule has 25 heavy (non-hydrogen) atoms. The topological polar surface area (TPSA) is 81.8 Å². The number of carbonyl (C=O) groups is 1. The number of rotatable bonds is 5. The first-order valence-corrected chi connectivity index (χ1v) is 10.2. The van der Waals surface area contributed by atoms with Gasteiger partial charge in [0.05, 0.1) is 12.8 Å². The van der Waals surface area contributed by atoms with E-state index in [9.17, 15) is 26.4 Å². The van der Waals surface area contributed by atoms with Gasteiger partial charge < -0.3 is 10.6 Å². The van der Waals surface area contributed by atoms with Gasteiger partial charge in [-0.2, -0.15) is 13.2 Å². The van der Waals surface area contributed by atoms with Crippen LogP contribution in [0.5, 0.6) is 0 Å². The van der Waals surface area contributed by atoms with Crippen molar-refractivity contribution >= 4 is 16.1 Å². The Hall–Kier alpha value is -1.07. The molecule has 0 radical (unpaired) electrons. The van der Waals surface area contributed by atoms with Crippen molar-refractivity contribution in [2.75, 3.05) is 45.5 Å². The smallest absolute Gasteiger partial charge is 0.338 e. The Morgan fingerprint density at radius 1 is 1.16 bits per heavy atom. The highest BCUT2D eigenvalue weighted by Gasteiger charge is 2.34. The average Bonchev–Trinajstić information content (AvgIpc) is 2.89. The van der Waals surface area contributed by atoms with E-state index in [0.29, 0.717) is 45.4 Å². The maximum absolute atomic E-state index is 12.3. The number of amides is 2. The van der Waals surface area contributed by atoms with E-state index in [1.54, 1.807) is 0 Å². The van der Waals surface area contributed by atoms with Gasteiger partial charge in [-0.05, 0) is 25.2 Å².